The highest BCUT2D eigenvalue weighted by molar-refractivity contribution is 6.76. The smallest absolute Gasteiger partial charge is 0.123 e. The largest absolute Gasteiger partial charge is 0.361 e. The lowest BCUT2D eigenvalue weighted by molar-refractivity contribution is 0.0913. The molecule has 1 aromatic heterocycles. The Morgan fingerprint density at radius 1 is 1.04 bits per heavy atom. The number of hydrogen-bond donors (Lipinski definition) is 0. The Balaban J connectivity index is 1.95. The fourth-order valence-corrected chi connectivity index (χ4v) is 3.62. The number of benzene rings is 2. The van der Waals surface area contributed by atoms with Crippen LogP contribution in [-0.4, -0.2) is 19.2 Å². The SMILES string of the molecule is C[Si](C)(C)CCOCn1c(-c2ccccc2)cc2cc(C#N)ccc21. The predicted molar refractivity (Wildman–Crippen MR) is 106 cm³/mol. The topological polar surface area (TPSA) is 38.0 Å². The first-order valence-electron chi connectivity index (χ1n) is 8.64. The van der Waals surface area contributed by atoms with Gasteiger partial charge in [0, 0.05) is 20.1 Å². The van der Waals surface area contributed by atoms with E-state index >= 15 is 0 Å². The van der Waals surface area contributed by atoms with Crippen molar-refractivity contribution in [3.8, 4) is 17.3 Å². The van der Waals surface area contributed by atoms with Crippen LogP contribution < -0.4 is 0 Å². The lowest BCUT2D eigenvalue weighted by Crippen LogP contribution is -2.22. The van der Waals surface area contributed by atoms with Gasteiger partial charge in [0.2, 0.25) is 0 Å². The molecule has 0 spiro atoms. The molecule has 0 bridgehead atoms. The molecule has 0 N–H and O–H groups in total. The van der Waals surface area contributed by atoms with Crippen LogP contribution in [0, 0.1) is 11.3 Å². The summed E-state index contributed by atoms with van der Waals surface area (Å²) in [7, 11) is -1.09. The highest BCUT2D eigenvalue weighted by Gasteiger charge is 2.14. The standard InChI is InChI=1S/C21H24N2OSi/c1-25(2,3)12-11-24-16-23-20-10-9-17(15-22)13-19(20)14-21(23)18-7-5-4-6-8-18/h4-10,13-14H,11-12,16H2,1-3H3. The minimum absolute atomic E-state index is 0.532. The molecule has 0 saturated heterocycles. The molecule has 128 valence electrons. The van der Waals surface area contributed by atoms with Gasteiger partial charge in [0.05, 0.1) is 22.8 Å². The molecule has 1 heterocycles. The monoisotopic (exact) mass is 348 g/mol. The molecule has 4 heteroatoms. The predicted octanol–water partition coefficient (Wildman–Crippen LogP) is 5.49. The maximum Gasteiger partial charge on any atom is 0.123 e. The van der Waals surface area contributed by atoms with Crippen LogP contribution in [0.25, 0.3) is 22.2 Å². The van der Waals surface area contributed by atoms with E-state index in [1.807, 2.05) is 36.4 Å². The molecule has 0 unspecified atom stereocenters. The summed E-state index contributed by atoms with van der Waals surface area (Å²) in [5.74, 6) is 0. The zero-order valence-corrected chi connectivity index (χ0v) is 16.1. The molecule has 0 radical (unpaired) electrons. The van der Waals surface area contributed by atoms with Crippen molar-refractivity contribution < 1.29 is 4.74 Å². The second-order valence-corrected chi connectivity index (χ2v) is 13.2. The van der Waals surface area contributed by atoms with E-state index in [2.05, 4.69) is 48.5 Å². The maximum absolute atomic E-state index is 9.16. The summed E-state index contributed by atoms with van der Waals surface area (Å²) in [4.78, 5) is 0. The summed E-state index contributed by atoms with van der Waals surface area (Å²) in [6.45, 7) is 8.41. The average Bonchev–Trinajstić information content (AvgIpc) is 2.96. The van der Waals surface area contributed by atoms with Gasteiger partial charge < -0.3 is 9.30 Å². The molecule has 0 saturated carbocycles. The second-order valence-electron chi connectivity index (χ2n) is 7.56. The Bertz CT molecular complexity index is 901. The lowest BCUT2D eigenvalue weighted by atomic mass is 10.1. The van der Waals surface area contributed by atoms with Crippen LogP contribution in [0.4, 0.5) is 0 Å². The minimum Gasteiger partial charge on any atom is -0.361 e. The number of nitriles is 1. The van der Waals surface area contributed by atoms with Crippen molar-refractivity contribution in [2.75, 3.05) is 6.61 Å². The molecule has 0 atom stereocenters. The van der Waals surface area contributed by atoms with Crippen LogP contribution in [0.1, 0.15) is 5.56 Å². The van der Waals surface area contributed by atoms with Crippen LogP contribution in [0.3, 0.4) is 0 Å². The third-order valence-electron chi connectivity index (χ3n) is 4.32. The van der Waals surface area contributed by atoms with Crippen molar-refractivity contribution >= 4 is 19.0 Å². The van der Waals surface area contributed by atoms with Gasteiger partial charge in [0.1, 0.15) is 6.73 Å². The lowest BCUT2D eigenvalue weighted by Gasteiger charge is -2.17. The number of fused-ring (bicyclic) bond motifs is 1. The van der Waals surface area contributed by atoms with Crippen LogP contribution >= 0.6 is 0 Å². The number of rotatable bonds is 6. The molecule has 3 rings (SSSR count). The molecule has 3 aromatic rings. The minimum atomic E-state index is -1.09. The van der Waals surface area contributed by atoms with Crippen molar-refractivity contribution in [3.05, 3.63) is 60.2 Å². The quantitative estimate of drug-likeness (QED) is 0.436. The van der Waals surface area contributed by atoms with Gasteiger partial charge in [-0.05, 0) is 35.9 Å². The molecule has 2 aromatic carbocycles. The molecule has 25 heavy (non-hydrogen) atoms. The van der Waals surface area contributed by atoms with E-state index in [9.17, 15) is 0 Å². The Morgan fingerprint density at radius 2 is 1.80 bits per heavy atom. The highest BCUT2D eigenvalue weighted by atomic mass is 28.3. The summed E-state index contributed by atoms with van der Waals surface area (Å²) in [6.07, 6.45) is 0. The van der Waals surface area contributed by atoms with E-state index in [4.69, 9.17) is 10.00 Å². The van der Waals surface area contributed by atoms with E-state index in [1.54, 1.807) is 0 Å². The summed E-state index contributed by atoms with van der Waals surface area (Å²) in [6, 6.07) is 21.7. The van der Waals surface area contributed by atoms with E-state index in [1.165, 1.54) is 0 Å². The zero-order valence-electron chi connectivity index (χ0n) is 15.1. The van der Waals surface area contributed by atoms with Crippen molar-refractivity contribution in [1.82, 2.24) is 4.57 Å². The van der Waals surface area contributed by atoms with Crippen molar-refractivity contribution in [2.45, 2.75) is 32.4 Å². The van der Waals surface area contributed by atoms with E-state index in [0.29, 0.717) is 12.3 Å². The summed E-state index contributed by atoms with van der Waals surface area (Å²) < 4.78 is 8.22. The Labute approximate surface area is 150 Å². The maximum atomic E-state index is 9.16. The first-order chi connectivity index (χ1) is 12.0. The van der Waals surface area contributed by atoms with Crippen molar-refractivity contribution in [3.63, 3.8) is 0 Å². The van der Waals surface area contributed by atoms with Gasteiger partial charge in [-0.2, -0.15) is 5.26 Å². The van der Waals surface area contributed by atoms with Gasteiger partial charge in [0.15, 0.2) is 0 Å². The molecular formula is C21H24N2OSi. The third kappa shape index (κ3) is 4.19. The van der Waals surface area contributed by atoms with Gasteiger partial charge in [-0.25, -0.2) is 0 Å². The van der Waals surface area contributed by atoms with Gasteiger partial charge in [-0.1, -0.05) is 50.0 Å². The number of ether oxygens (including phenoxy) is 1. The van der Waals surface area contributed by atoms with Crippen molar-refractivity contribution in [1.29, 1.82) is 5.26 Å². The Kier molecular flexibility index (Phi) is 5.07. The van der Waals surface area contributed by atoms with Gasteiger partial charge >= 0.3 is 0 Å². The average molecular weight is 349 g/mol. The van der Waals surface area contributed by atoms with E-state index < -0.39 is 8.07 Å². The van der Waals surface area contributed by atoms with Crippen molar-refractivity contribution in [2.24, 2.45) is 0 Å². The van der Waals surface area contributed by atoms with Gasteiger partial charge in [-0.15, -0.1) is 0 Å². The molecule has 3 nitrogen and oxygen atoms in total. The van der Waals surface area contributed by atoms with Crippen LogP contribution in [-0.2, 0) is 11.5 Å². The second kappa shape index (κ2) is 7.26. The molecular weight excluding hydrogens is 324 g/mol. The Hall–Kier alpha value is -2.35. The molecule has 0 amide bonds. The number of nitrogens with zero attached hydrogens (tertiary/aromatic N) is 2. The van der Waals surface area contributed by atoms with Gasteiger partial charge in [-0.3, -0.25) is 0 Å². The zero-order chi connectivity index (χ0) is 17.9. The highest BCUT2D eigenvalue weighted by Crippen LogP contribution is 2.29. The fraction of sp³-hybridized carbons (Fsp3) is 0.286. The summed E-state index contributed by atoms with van der Waals surface area (Å²) in [5, 5.41) is 10.2. The number of aromatic nitrogens is 1. The van der Waals surface area contributed by atoms with Gasteiger partial charge in [0.25, 0.3) is 0 Å². The normalized spacial score (nSPS) is 11.6. The van der Waals surface area contributed by atoms with E-state index in [-0.39, 0.29) is 0 Å². The third-order valence-corrected chi connectivity index (χ3v) is 6.02. The first-order valence-corrected chi connectivity index (χ1v) is 12.4. The first kappa shape index (κ1) is 17.5. The molecule has 0 aliphatic heterocycles. The van der Waals surface area contributed by atoms with Crippen LogP contribution in [0.15, 0.2) is 54.6 Å². The number of hydrogen-bond acceptors (Lipinski definition) is 2. The molecule has 0 fully saturated rings. The molecule has 0 aliphatic carbocycles. The fourth-order valence-electron chi connectivity index (χ4n) is 2.86. The summed E-state index contributed by atoms with van der Waals surface area (Å²) in [5.41, 5.74) is 4.07. The molecule has 0 aliphatic rings. The van der Waals surface area contributed by atoms with Crippen LogP contribution in [0.5, 0.6) is 0 Å². The Morgan fingerprint density at radius 3 is 2.48 bits per heavy atom. The van der Waals surface area contributed by atoms with E-state index in [0.717, 1.165) is 34.8 Å². The van der Waals surface area contributed by atoms with Crippen LogP contribution in [0.2, 0.25) is 25.7 Å². The summed E-state index contributed by atoms with van der Waals surface area (Å²) >= 11 is 0.